The summed E-state index contributed by atoms with van der Waals surface area (Å²) in [6, 6.07) is 1.95. The van der Waals surface area contributed by atoms with Crippen molar-refractivity contribution >= 4 is 6.08 Å². The second-order valence-corrected chi connectivity index (χ2v) is 3.15. The average Bonchev–Trinajstić information content (AvgIpc) is 2.13. The summed E-state index contributed by atoms with van der Waals surface area (Å²) in [6.07, 6.45) is -0.313. The van der Waals surface area contributed by atoms with E-state index in [0.717, 1.165) is 6.07 Å². The first-order valence-electron chi connectivity index (χ1n) is 4.37. The van der Waals surface area contributed by atoms with E-state index in [4.69, 9.17) is 5.73 Å². The molecule has 1 aromatic rings. The molecule has 0 amide bonds. The molecule has 5 heteroatoms. The molecule has 0 saturated heterocycles. The lowest BCUT2D eigenvalue weighted by Gasteiger charge is -2.08. The summed E-state index contributed by atoms with van der Waals surface area (Å²) < 4.78 is 37.4. The summed E-state index contributed by atoms with van der Waals surface area (Å²) in [7, 11) is 0. The zero-order valence-electron chi connectivity index (χ0n) is 8.12. The molecule has 1 heterocycles. The molecule has 0 aromatic carbocycles. The predicted octanol–water partition coefficient (Wildman–Crippen LogP) is 2.46. The highest BCUT2D eigenvalue weighted by molar-refractivity contribution is 5.50. The van der Waals surface area contributed by atoms with Crippen LogP contribution in [-0.4, -0.2) is 11.0 Å². The SMILES string of the molecule is CC(N)/C=C/c1ncccc1C(F)(F)F. The minimum atomic E-state index is -4.38. The molecule has 0 bridgehead atoms. The van der Waals surface area contributed by atoms with Gasteiger partial charge in [0.2, 0.25) is 0 Å². The first-order chi connectivity index (χ1) is 6.91. The van der Waals surface area contributed by atoms with Crippen LogP contribution in [0, 0.1) is 0 Å². The van der Waals surface area contributed by atoms with Gasteiger partial charge in [0.05, 0.1) is 11.3 Å². The quantitative estimate of drug-likeness (QED) is 0.824. The van der Waals surface area contributed by atoms with Crippen molar-refractivity contribution in [3.8, 4) is 0 Å². The van der Waals surface area contributed by atoms with Crippen molar-refractivity contribution in [3.05, 3.63) is 35.7 Å². The van der Waals surface area contributed by atoms with Gasteiger partial charge < -0.3 is 5.73 Å². The molecule has 82 valence electrons. The van der Waals surface area contributed by atoms with Crippen LogP contribution in [0.2, 0.25) is 0 Å². The van der Waals surface area contributed by atoms with Gasteiger partial charge in [-0.1, -0.05) is 6.08 Å². The Morgan fingerprint density at radius 2 is 2.13 bits per heavy atom. The van der Waals surface area contributed by atoms with E-state index in [9.17, 15) is 13.2 Å². The maximum absolute atomic E-state index is 12.5. The van der Waals surface area contributed by atoms with Crippen LogP contribution >= 0.6 is 0 Å². The molecule has 0 spiro atoms. The van der Waals surface area contributed by atoms with Crippen LogP contribution in [0.4, 0.5) is 13.2 Å². The lowest BCUT2D eigenvalue weighted by atomic mass is 10.1. The maximum atomic E-state index is 12.5. The van der Waals surface area contributed by atoms with Gasteiger partial charge in [-0.25, -0.2) is 0 Å². The second-order valence-electron chi connectivity index (χ2n) is 3.15. The van der Waals surface area contributed by atoms with Gasteiger partial charge in [0.15, 0.2) is 0 Å². The molecule has 0 radical (unpaired) electrons. The number of hydrogen-bond acceptors (Lipinski definition) is 2. The average molecular weight is 216 g/mol. The molecule has 0 aliphatic rings. The second kappa shape index (κ2) is 4.44. The third kappa shape index (κ3) is 3.36. The third-order valence-electron chi connectivity index (χ3n) is 1.70. The lowest BCUT2D eigenvalue weighted by Crippen LogP contribution is -2.11. The van der Waals surface area contributed by atoms with Crippen LogP contribution in [0.15, 0.2) is 24.4 Å². The highest BCUT2D eigenvalue weighted by atomic mass is 19.4. The molecule has 1 rings (SSSR count). The van der Waals surface area contributed by atoms with Crippen LogP contribution in [-0.2, 0) is 6.18 Å². The fourth-order valence-electron chi connectivity index (χ4n) is 1.03. The molecule has 1 atom stereocenters. The maximum Gasteiger partial charge on any atom is 0.418 e. The van der Waals surface area contributed by atoms with Gasteiger partial charge in [-0.15, -0.1) is 0 Å². The summed E-state index contributed by atoms with van der Waals surface area (Å²) in [5.74, 6) is 0. The Morgan fingerprint density at radius 3 is 2.67 bits per heavy atom. The summed E-state index contributed by atoms with van der Waals surface area (Å²) in [4.78, 5) is 3.65. The number of alkyl halides is 3. The van der Waals surface area contributed by atoms with Crippen molar-refractivity contribution in [1.29, 1.82) is 0 Å². The Morgan fingerprint density at radius 1 is 1.47 bits per heavy atom. The van der Waals surface area contributed by atoms with E-state index in [1.54, 1.807) is 6.92 Å². The number of halogens is 3. The van der Waals surface area contributed by atoms with Gasteiger partial charge in [-0.3, -0.25) is 4.98 Å². The number of nitrogens with zero attached hydrogens (tertiary/aromatic N) is 1. The number of pyridine rings is 1. The molecule has 2 N–H and O–H groups in total. The molecule has 0 fully saturated rings. The minimum absolute atomic E-state index is 0.109. The van der Waals surface area contributed by atoms with E-state index in [1.807, 2.05) is 0 Å². The van der Waals surface area contributed by atoms with Crippen molar-refractivity contribution in [1.82, 2.24) is 4.98 Å². The van der Waals surface area contributed by atoms with Crippen LogP contribution in [0.5, 0.6) is 0 Å². The highest BCUT2D eigenvalue weighted by Gasteiger charge is 2.33. The molecule has 0 aliphatic heterocycles. The fourth-order valence-corrected chi connectivity index (χ4v) is 1.03. The molecule has 1 aromatic heterocycles. The van der Waals surface area contributed by atoms with Gasteiger partial charge in [0, 0.05) is 12.2 Å². The van der Waals surface area contributed by atoms with E-state index in [1.165, 1.54) is 24.4 Å². The van der Waals surface area contributed by atoms with Crippen molar-refractivity contribution in [2.24, 2.45) is 5.73 Å². The summed E-state index contributed by atoms with van der Waals surface area (Å²) >= 11 is 0. The first-order valence-corrected chi connectivity index (χ1v) is 4.37. The minimum Gasteiger partial charge on any atom is -0.325 e. The van der Waals surface area contributed by atoms with Crippen LogP contribution in [0.25, 0.3) is 6.08 Å². The Kier molecular flexibility index (Phi) is 3.47. The first kappa shape index (κ1) is 11.7. The van der Waals surface area contributed by atoms with Crippen molar-refractivity contribution in [2.75, 3.05) is 0 Å². The number of hydrogen-bond donors (Lipinski definition) is 1. The van der Waals surface area contributed by atoms with Crippen molar-refractivity contribution in [3.63, 3.8) is 0 Å². The van der Waals surface area contributed by atoms with Crippen molar-refractivity contribution in [2.45, 2.75) is 19.1 Å². The molecule has 1 unspecified atom stereocenters. The molecule has 0 saturated carbocycles. The summed E-state index contributed by atoms with van der Waals surface area (Å²) in [6.45, 7) is 1.67. The molecule has 15 heavy (non-hydrogen) atoms. The van der Waals surface area contributed by atoms with Gasteiger partial charge in [0.25, 0.3) is 0 Å². The Bertz CT molecular complexity index is 356. The van der Waals surface area contributed by atoms with Gasteiger partial charge in [-0.05, 0) is 25.1 Å². The standard InChI is InChI=1S/C10H11F3N2/c1-7(14)4-5-9-8(10(11,12)13)3-2-6-15-9/h2-7H,14H2,1H3/b5-4+. The van der Waals surface area contributed by atoms with E-state index < -0.39 is 11.7 Å². The summed E-state index contributed by atoms with van der Waals surface area (Å²) in [5.41, 5.74) is 4.55. The van der Waals surface area contributed by atoms with Crippen LogP contribution in [0.3, 0.4) is 0 Å². The van der Waals surface area contributed by atoms with E-state index in [0.29, 0.717) is 0 Å². The number of aromatic nitrogens is 1. The largest absolute Gasteiger partial charge is 0.418 e. The molecule has 0 aliphatic carbocycles. The van der Waals surface area contributed by atoms with Gasteiger partial charge >= 0.3 is 6.18 Å². The van der Waals surface area contributed by atoms with E-state index in [2.05, 4.69) is 4.98 Å². The molecular weight excluding hydrogens is 205 g/mol. The lowest BCUT2D eigenvalue weighted by molar-refractivity contribution is -0.138. The van der Waals surface area contributed by atoms with Gasteiger partial charge in [-0.2, -0.15) is 13.2 Å². The zero-order valence-corrected chi connectivity index (χ0v) is 8.12. The van der Waals surface area contributed by atoms with Crippen LogP contribution < -0.4 is 5.73 Å². The van der Waals surface area contributed by atoms with E-state index >= 15 is 0 Å². The molecular formula is C10H11F3N2. The number of nitrogens with two attached hydrogens (primary N) is 1. The normalized spacial score (nSPS) is 14.5. The predicted molar refractivity (Wildman–Crippen MR) is 51.9 cm³/mol. The Labute approximate surface area is 85.6 Å². The summed E-state index contributed by atoms with van der Waals surface area (Å²) in [5, 5.41) is 0. The smallest absolute Gasteiger partial charge is 0.325 e. The van der Waals surface area contributed by atoms with Crippen LogP contribution in [0.1, 0.15) is 18.2 Å². The molecule has 2 nitrogen and oxygen atoms in total. The monoisotopic (exact) mass is 216 g/mol. The topological polar surface area (TPSA) is 38.9 Å². The highest BCUT2D eigenvalue weighted by Crippen LogP contribution is 2.31. The number of rotatable bonds is 2. The van der Waals surface area contributed by atoms with Gasteiger partial charge in [0.1, 0.15) is 0 Å². The zero-order chi connectivity index (χ0) is 11.5. The fraction of sp³-hybridized carbons (Fsp3) is 0.300. The van der Waals surface area contributed by atoms with E-state index in [-0.39, 0.29) is 11.7 Å². The Hall–Kier alpha value is -1.36. The van der Waals surface area contributed by atoms with Crippen molar-refractivity contribution < 1.29 is 13.2 Å². The third-order valence-corrected chi connectivity index (χ3v) is 1.70. The Balaban J connectivity index is 3.08.